The fourth-order valence-corrected chi connectivity index (χ4v) is 3.41. The summed E-state index contributed by atoms with van der Waals surface area (Å²) in [6, 6.07) is 7.37. The second kappa shape index (κ2) is 13.3. The Morgan fingerprint density at radius 3 is 1.62 bits per heavy atom. The minimum Gasteiger partial charge on any atom is -0.464 e. The highest BCUT2D eigenvalue weighted by atomic mass is 31.2. The predicted molar refractivity (Wildman–Crippen MR) is 144 cm³/mol. The van der Waals surface area contributed by atoms with Crippen molar-refractivity contribution in [2.24, 2.45) is 31.8 Å². The van der Waals surface area contributed by atoms with Crippen LogP contribution in [0.5, 0.6) is 5.75 Å². The van der Waals surface area contributed by atoms with Gasteiger partial charge in [-0.2, -0.15) is 0 Å². The van der Waals surface area contributed by atoms with Gasteiger partial charge in [-0.25, -0.2) is 4.57 Å². The molecule has 0 aliphatic rings. The van der Waals surface area contributed by atoms with Crippen molar-refractivity contribution < 1.29 is 36.4 Å². The molecule has 0 saturated heterocycles. The van der Waals surface area contributed by atoms with Crippen LogP contribution >= 0.6 is 7.67 Å². The van der Waals surface area contributed by atoms with Gasteiger partial charge in [0.1, 0.15) is 18.8 Å². The highest BCUT2D eigenvalue weighted by molar-refractivity contribution is 7.57. The molecule has 0 aliphatic heterocycles. The Labute approximate surface area is 228 Å². The average Bonchev–Trinajstić information content (AvgIpc) is 2.81. The number of ether oxygens (including phenoxy) is 2. The number of esters is 2. The van der Waals surface area contributed by atoms with E-state index < -0.39 is 69.4 Å². The molecule has 0 heterocycles. The van der Waals surface area contributed by atoms with Gasteiger partial charge in [-0.3, -0.25) is 9.59 Å². The number of hydrogen-bond donors (Lipinski definition) is 2. The van der Waals surface area contributed by atoms with E-state index in [1.165, 1.54) is 24.3 Å². The Morgan fingerprint density at radius 1 is 0.865 bits per heavy atom. The van der Waals surface area contributed by atoms with E-state index in [4.69, 9.17) is 33.7 Å². The summed E-state index contributed by atoms with van der Waals surface area (Å²) in [5.74, 6) is -3.93. The molecule has 0 atom stereocenters. The van der Waals surface area contributed by atoms with Crippen molar-refractivity contribution in [1.82, 2.24) is 9.80 Å². The van der Waals surface area contributed by atoms with Crippen molar-refractivity contribution in [3.63, 3.8) is 0 Å². The zero-order valence-electron chi connectivity index (χ0n) is 28.1. The van der Waals surface area contributed by atoms with Crippen molar-refractivity contribution in [2.75, 3.05) is 40.3 Å². The Balaban J connectivity index is 3.56. The van der Waals surface area contributed by atoms with E-state index in [1.807, 2.05) is 0 Å². The van der Waals surface area contributed by atoms with E-state index in [0.29, 0.717) is 9.80 Å². The first kappa shape index (κ1) is 22.9. The molecular weight excluding hydrogens is 499 g/mol. The van der Waals surface area contributed by atoms with Gasteiger partial charge in [-0.05, 0) is 23.0 Å². The third kappa shape index (κ3) is 13.6. The van der Waals surface area contributed by atoms with Crippen molar-refractivity contribution in [1.29, 1.82) is 0 Å². The summed E-state index contributed by atoms with van der Waals surface area (Å²) in [6.45, 7) is 2.76. The van der Waals surface area contributed by atoms with Crippen LogP contribution in [-0.4, -0.2) is 73.9 Å². The summed E-state index contributed by atoms with van der Waals surface area (Å²) in [4.78, 5) is 25.5. The summed E-state index contributed by atoms with van der Waals surface area (Å²) < 4.78 is 83.8. The third-order valence-corrected chi connectivity index (χ3v) is 5.25. The highest BCUT2D eigenvalue weighted by Gasteiger charge is 2.28. The number of carbonyl (C=O) groups excluding carboxylic acids is 2. The van der Waals surface area contributed by atoms with Gasteiger partial charge in [0.2, 0.25) is 11.9 Å². The van der Waals surface area contributed by atoms with Gasteiger partial charge in [0, 0.05) is 22.2 Å². The maximum Gasteiger partial charge on any atom is 0.492 e. The van der Waals surface area contributed by atoms with Crippen LogP contribution in [0.15, 0.2) is 39.9 Å². The fraction of sp³-hybridized carbons (Fsp3) is 0.583. The molecule has 0 amide bonds. The second-order valence-corrected chi connectivity index (χ2v) is 12.0. The van der Waals surface area contributed by atoms with Gasteiger partial charge in [0.25, 0.3) is 0 Å². The third-order valence-electron chi connectivity index (χ3n) is 3.89. The number of para-hydroxylation sites is 1. The van der Waals surface area contributed by atoms with Crippen LogP contribution in [0, 0.1) is 10.8 Å². The van der Waals surface area contributed by atoms with Gasteiger partial charge in [-0.1, -0.05) is 59.7 Å². The van der Waals surface area contributed by atoms with E-state index in [2.05, 4.69) is 9.53 Å². The summed E-state index contributed by atoms with van der Waals surface area (Å²) >= 11 is 0. The minimum absolute atomic E-state index is 0.0305. The second-order valence-electron chi connectivity index (χ2n) is 10.4. The molecule has 4 N–H and O–H groups in total. The maximum atomic E-state index is 13.9. The molecule has 0 bridgehead atoms. The SMILES string of the molecule is [2H]C([2H])([2H])N(CC(=O)OCC(C)(C)C)C(N)=NP(=O)(N=C(N)N(CC(=O)OCC(C)(C)C)C([2H])([2H])[2H])Oc1ccccc1. The van der Waals surface area contributed by atoms with Crippen LogP contribution in [0.3, 0.4) is 0 Å². The molecule has 208 valence electrons. The molecule has 0 spiro atoms. The number of nitrogens with two attached hydrogens (primary N) is 2. The summed E-state index contributed by atoms with van der Waals surface area (Å²) in [5, 5.41) is 0. The first-order valence-electron chi connectivity index (χ1n) is 14.2. The van der Waals surface area contributed by atoms with Crippen LogP contribution in [-0.2, 0) is 23.6 Å². The van der Waals surface area contributed by atoms with Gasteiger partial charge in [0.15, 0.2) is 0 Å². The van der Waals surface area contributed by atoms with Crippen molar-refractivity contribution in [3.8, 4) is 5.75 Å². The zero-order chi connectivity index (χ0) is 33.4. The van der Waals surface area contributed by atoms with E-state index in [1.54, 1.807) is 47.6 Å². The number of likely N-dealkylation sites (N-methyl/N-ethyl adjacent to an activating group) is 2. The number of benzene rings is 1. The molecule has 13 heteroatoms. The lowest BCUT2D eigenvalue weighted by molar-refractivity contribution is -0.147. The number of guanidine groups is 2. The van der Waals surface area contributed by atoms with Crippen LogP contribution < -0.4 is 16.0 Å². The maximum absolute atomic E-state index is 13.9. The van der Waals surface area contributed by atoms with Crippen LogP contribution in [0.25, 0.3) is 0 Å². The molecule has 0 fully saturated rings. The molecule has 37 heavy (non-hydrogen) atoms. The van der Waals surface area contributed by atoms with Crippen LogP contribution in [0.4, 0.5) is 0 Å². The first-order chi connectivity index (χ1) is 19.3. The fourth-order valence-electron chi connectivity index (χ4n) is 2.15. The highest BCUT2D eigenvalue weighted by Crippen LogP contribution is 2.50. The Hall–Kier alpha value is -3.27. The standard InChI is InChI=1S/C24H41N6O6P/c1-23(2,3)16-34-19(31)14-29(7)21(25)27-37(33,36-18-12-10-9-11-13-18)28-22(26)30(8)15-20(32)35-17-24(4,5)6/h9-13H,14-17H2,1-8H3,(H4,25,26,27,28,33)/i7D3,8D3. The number of carbonyl (C=O) groups is 2. The van der Waals surface area contributed by atoms with E-state index >= 15 is 0 Å². The average molecular weight is 547 g/mol. The number of rotatable bonds is 10. The quantitative estimate of drug-likeness (QED) is 0.193. The summed E-state index contributed by atoms with van der Waals surface area (Å²) in [6.07, 6.45) is 0. The molecule has 12 nitrogen and oxygen atoms in total. The molecule has 0 radical (unpaired) electrons. The molecule has 1 aromatic rings. The molecule has 0 saturated carbocycles. The van der Waals surface area contributed by atoms with Gasteiger partial charge in [-0.15, -0.1) is 9.53 Å². The van der Waals surface area contributed by atoms with E-state index in [9.17, 15) is 14.2 Å². The molecule has 1 aromatic carbocycles. The normalized spacial score (nSPS) is 17.5. The Kier molecular flexibility index (Phi) is 8.24. The summed E-state index contributed by atoms with van der Waals surface area (Å²) in [7, 11) is -4.93. The van der Waals surface area contributed by atoms with Crippen molar-refractivity contribution >= 4 is 31.5 Å². The minimum atomic E-state index is -4.93. The van der Waals surface area contributed by atoms with Crippen molar-refractivity contribution in [2.45, 2.75) is 41.5 Å². The monoisotopic (exact) mass is 546 g/mol. The van der Waals surface area contributed by atoms with Gasteiger partial charge < -0.3 is 35.3 Å². The Morgan fingerprint density at radius 2 is 1.27 bits per heavy atom. The molecule has 0 aromatic heterocycles. The molecule has 0 unspecified atom stereocenters. The molecule has 0 aliphatic carbocycles. The molecule has 1 rings (SSSR count). The lowest BCUT2D eigenvalue weighted by atomic mass is 9.99. The van der Waals surface area contributed by atoms with E-state index in [-0.39, 0.29) is 19.0 Å². The van der Waals surface area contributed by atoms with Crippen molar-refractivity contribution in [3.05, 3.63) is 30.3 Å². The summed E-state index contributed by atoms with van der Waals surface area (Å²) in [5.41, 5.74) is 11.0. The lowest BCUT2D eigenvalue weighted by Crippen LogP contribution is -2.39. The van der Waals surface area contributed by atoms with Gasteiger partial charge >= 0.3 is 19.6 Å². The first-order valence-corrected chi connectivity index (χ1v) is 12.8. The van der Waals surface area contributed by atoms with E-state index in [0.717, 1.165) is 0 Å². The Bertz CT molecular complexity index is 1140. The van der Waals surface area contributed by atoms with Crippen LogP contribution in [0.2, 0.25) is 0 Å². The number of nitrogens with zero attached hydrogens (tertiary/aromatic N) is 4. The van der Waals surface area contributed by atoms with Gasteiger partial charge in [0.05, 0.1) is 13.2 Å². The smallest absolute Gasteiger partial charge is 0.464 e. The predicted octanol–water partition coefficient (Wildman–Crippen LogP) is 2.85. The zero-order valence-corrected chi connectivity index (χ0v) is 22.9. The molecular formula is C24H41N6O6P. The topological polar surface area (TPSA) is 162 Å². The van der Waals surface area contributed by atoms with Crippen LogP contribution in [0.1, 0.15) is 49.8 Å². The lowest BCUT2D eigenvalue weighted by Gasteiger charge is -2.22. The largest absolute Gasteiger partial charge is 0.492 e. The number of hydrogen-bond acceptors (Lipinski definition) is 6.